The normalized spacial score (nSPS) is 13.7. The van der Waals surface area contributed by atoms with Crippen LogP contribution in [0.4, 0.5) is 13.2 Å². The third-order valence-corrected chi connectivity index (χ3v) is 8.52. The number of phenols is 2. The first-order valence-electron chi connectivity index (χ1n) is 8.96. The molecule has 0 saturated heterocycles. The van der Waals surface area contributed by atoms with Crippen LogP contribution in [0.5, 0.6) is 17.2 Å². The molecule has 34 heavy (non-hydrogen) atoms. The van der Waals surface area contributed by atoms with Gasteiger partial charge in [-0.3, -0.25) is 0 Å². The van der Waals surface area contributed by atoms with Crippen LogP contribution in [0.3, 0.4) is 0 Å². The number of aromatic hydroxyl groups is 2. The van der Waals surface area contributed by atoms with Crippen LogP contribution >= 0.6 is 18.9 Å². The van der Waals surface area contributed by atoms with Gasteiger partial charge in [-0.1, -0.05) is 0 Å². The smallest absolute Gasteiger partial charge is 0.417 e. The molecule has 3 aromatic rings. The molecule has 0 amide bonds. The maximum Gasteiger partial charge on any atom is 0.417 e. The Bertz CT molecular complexity index is 1430. The quantitative estimate of drug-likeness (QED) is 0.259. The van der Waals surface area contributed by atoms with Crippen molar-refractivity contribution in [3.8, 4) is 33.8 Å². The van der Waals surface area contributed by atoms with E-state index >= 15 is 0 Å². The molecule has 15 heteroatoms. The Morgan fingerprint density at radius 3 is 2.41 bits per heavy atom. The van der Waals surface area contributed by atoms with Crippen LogP contribution in [-0.4, -0.2) is 29.8 Å². The van der Waals surface area contributed by atoms with Gasteiger partial charge in [0.05, 0.1) is 17.2 Å². The number of nitrogens with zero attached hydrogens (tertiary/aromatic N) is 1. The molecular formula is C19H14F3N2O7PS2. The number of halogens is 3. The molecule has 0 aliphatic carbocycles. The van der Waals surface area contributed by atoms with Crippen LogP contribution in [0.2, 0.25) is 0 Å². The number of phenolic OH excluding ortho intramolecular Hbond substituents is 2. The van der Waals surface area contributed by atoms with Crippen molar-refractivity contribution in [2.75, 3.05) is 6.29 Å². The second kappa shape index (κ2) is 9.28. The maximum absolute atomic E-state index is 13.1. The summed E-state index contributed by atoms with van der Waals surface area (Å²) in [6.07, 6.45) is -6.07. The van der Waals surface area contributed by atoms with Crippen LogP contribution in [0, 0.1) is 11.3 Å². The summed E-state index contributed by atoms with van der Waals surface area (Å²) in [6.45, 7) is 0. The van der Waals surface area contributed by atoms with Gasteiger partial charge in [0, 0.05) is 4.88 Å². The average Bonchev–Trinajstić information content (AvgIpc) is 3.25. The molecule has 1 atom stereocenters. The van der Waals surface area contributed by atoms with Crippen molar-refractivity contribution in [2.45, 2.75) is 10.4 Å². The molecule has 1 unspecified atom stereocenters. The number of rotatable bonds is 7. The van der Waals surface area contributed by atoms with Gasteiger partial charge in [-0.05, 0) is 54.1 Å². The lowest BCUT2D eigenvalue weighted by Gasteiger charge is -2.16. The second-order valence-electron chi connectivity index (χ2n) is 6.67. The summed E-state index contributed by atoms with van der Waals surface area (Å²) in [6, 6.07) is 9.84. The van der Waals surface area contributed by atoms with Crippen molar-refractivity contribution in [2.24, 2.45) is 0 Å². The summed E-state index contributed by atoms with van der Waals surface area (Å²) < 4.78 is 82.8. The van der Waals surface area contributed by atoms with E-state index in [0.29, 0.717) is 16.5 Å². The summed E-state index contributed by atoms with van der Waals surface area (Å²) in [7, 11) is -9.10. The van der Waals surface area contributed by atoms with Crippen LogP contribution < -0.4 is 9.25 Å². The zero-order valence-corrected chi connectivity index (χ0v) is 19.2. The number of hydrogen-bond donors (Lipinski definition) is 4. The molecule has 1 aromatic heterocycles. The SMILES string of the molecule is N#Cc1ccc(OP(=O)(O)CNS(=O)(=O)c2ccc(-c3ccc(O)c(O)c3)s2)cc1C(F)(F)F. The summed E-state index contributed by atoms with van der Waals surface area (Å²) in [5.41, 5.74) is -1.69. The number of thiophene rings is 1. The number of nitrogens with one attached hydrogen (secondary N) is 1. The van der Waals surface area contributed by atoms with E-state index in [-0.39, 0.29) is 9.96 Å². The van der Waals surface area contributed by atoms with Gasteiger partial charge < -0.3 is 19.6 Å². The largest absolute Gasteiger partial charge is 0.504 e. The highest BCUT2D eigenvalue weighted by atomic mass is 32.2. The van der Waals surface area contributed by atoms with Crippen molar-refractivity contribution in [3.05, 3.63) is 59.7 Å². The van der Waals surface area contributed by atoms with Gasteiger partial charge in [0.2, 0.25) is 0 Å². The third kappa shape index (κ3) is 5.88. The topological polar surface area (TPSA) is 157 Å². The fourth-order valence-electron chi connectivity index (χ4n) is 2.64. The van der Waals surface area contributed by atoms with Crippen LogP contribution in [0.1, 0.15) is 11.1 Å². The molecule has 0 saturated carbocycles. The van der Waals surface area contributed by atoms with Crippen molar-refractivity contribution < 1.29 is 45.8 Å². The molecular weight excluding hydrogens is 520 g/mol. The van der Waals surface area contributed by atoms with E-state index in [1.807, 2.05) is 4.72 Å². The number of hydrogen-bond acceptors (Lipinski definition) is 8. The van der Waals surface area contributed by atoms with E-state index in [0.717, 1.165) is 23.5 Å². The van der Waals surface area contributed by atoms with Crippen LogP contribution in [0.15, 0.2) is 52.7 Å². The zero-order valence-electron chi connectivity index (χ0n) is 16.6. The van der Waals surface area contributed by atoms with E-state index < -0.39 is 52.7 Å². The van der Waals surface area contributed by atoms with Gasteiger partial charge >= 0.3 is 13.8 Å². The van der Waals surface area contributed by atoms with Crippen molar-refractivity contribution >= 4 is 29.0 Å². The molecule has 0 spiro atoms. The summed E-state index contributed by atoms with van der Waals surface area (Å²) in [4.78, 5) is 10.3. The Labute approximate surface area is 194 Å². The van der Waals surface area contributed by atoms with E-state index in [1.165, 1.54) is 36.4 Å². The van der Waals surface area contributed by atoms with Gasteiger partial charge in [-0.25, -0.2) is 13.0 Å². The number of alkyl halides is 3. The number of sulfonamides is 1. The number of benzene rings is 2. The predicted octanol–water partition coefficient (Wildman–Crippen LogP) is 4.22. The fourth-order valence-corrected chi connectivity index (χ4v) is 6.49. The average molecular weight is 534 g/mol. The molecule has 1 heterocycles. The fraction of sp³-hybridized carbons (Fsp3) is 0.105. The first-order valence-corrected chi connectivity index (χ1v) is 13.0. The molecule has 0 fully saturated rings. The molecule has 180 valence electrons. The minimum atomic E-state index is -4.92. The molecule has 0 aliphatic rings. The molecule has 3 rings (SSSR count). The lowest BCUT2D eigenvalue weighted by molar-refractivity contribution is -0.137. The van der Waals surface area contributed by atoms with Crippen LogP contribution in [-0.2, 0) is 20.8 Å². The third-order valence-electron chi connectivity index (χ3n) is 4.23. The van der Waals surface area contributed by atoms with Gasteiger partial charge in [0.15, 0.2) is 11.5 Å². The molecule has 0 aliphatic heterocycles. The monoisotopic (exact) mass is 534 g/mol. The van der Waals surface area contributed by atoms with Crippen molar-refractivity contribution in [3.63, 3.8) is 0 Å². The van der Waals surface area contributed by atoms with E-state index in [1.54, 1.807) is 0 Å². The summed E-state index contributed by atoms with van der Waals surface area (Å²) in [5.74, 6) is -1.46. The molecule has 4 N–H and O–H groups in total. The first-order chi connectivity index (χ1) is 15.7. The van der Waals surface area contributed by atoms with Gasteiger partial charge in [-0.15, -0.1) is 11.3 Å². The molecule has 0 bridgehead atoms. The molecule has 9 nitrogen and oxygen atoms in total. The van der Waals surface area contributed by atoms with E-state index in [2.05, 4.69) is 0 Å². The Morgan fingerprint density at radius 2 is 1.79 bits per heavy atom. The highest BCUT2D eigenvalue weighted by Crippen LogP contribution is 2.44. The maximum atomic E-state index is 13.1. The van der Waals surface area contributed by atoms with Crippen LogP contribution in [0.25, 0.3) is 10.4 Å². The standard InChI is InChI=1S/C19H14F3N2O7PS2/c20-19(21,22)14-8-13(3-1-12(14)9-23)31-32(27,28)10-24-34(29,30)18-6-5-17(33-18)11-2-4-15(25)16(26)7-11/h1-8,24-26H,10H2,(H,27,28). The Kier molecular flexibility index (Phi) is 6.97. The lowest BCUT2D eigenvalue weighted by Crippen LogP contribution is -2.25. The van der Waals surface area contributed by atoms with E-state index in [9.17, 15) is 41.3 Å². The highest BCUT2D eigenvalue weighted by Gasteiger charge is 2.35. The Morgan fingerprint density at radius 1 is 1.09 bits per heavy atom. The summed E-state index contributed by atoms with van der Waals surface area (Å²) >= 11 is 0.760. The van der Waals surface area contributed by atoms with Gasteiger partial charge in [0.1, 0.15) is 16.2 Å². The molecule has 0 radical (unpaired) electrons. The lowest BCUT2D eigenvalue weighted by atomic mass is 10.1. The first kappa shape index (κ1) is 25.5. The molecule has 2 aromatic carbocycles. The second-order valence-corrected chi connectivity index (χ2v) is 11.5. The van der Waals surface area contributed by atoms with Crippen molar-refractivity contribution in [1.29, 1.82) is 5.26 Å². The Balaban J connectivity index is 1.74. The predicted molar refractivity (Wildman–Crippen MR) is 115 cm³/mol. The van der Waals surface area contributed by atoms with Crippen molar-refractivity contribution in [1.82, 2.24) is 4.72 Å². The Hall–Kier alpha value is -3.08. The zero-order chi connectivity index (χ0) is 25.3. The summed E-state index contributed by atoms with van der Waals surface area (Å²) in [5, 5.41) is 27.8. The van der Waals surface area contributed by atoms with Gasteiger partial charge in [-0.2, -0.15) is 23.2 Å². The van der Waals surface area contributed by atoms with Gasteiger partial charge in [0.25, 0.3) is 10.0 Å². The minimum Gasteiger partial charge on any atom is -0.504 e. The highest BCUT2D eigenvalue weighted by molar-refractivity contribution is 7.92. The minimum absolute atomic E-state index is 0.257. The number of nitriles is 1. The van der Waals surface area contributed by atoms with E-state index in [4.69, 9.17) is 9.79 Å².